The molecule has 1 aromatic rings. The lowest BCUT2D eigenvalue weighted by Crippen LogP contribution is -2.17. The molecule has 0 radical (unpaired) electrons. The van der Waals surface area contributed by atoms with Gasteiger partial charge in [-0.05, 0) is 12.0 Å². The lowest BCUT2D eigenvalue weighted by molar-refractivity contribution is 0.383. The first-order valence-corrected chi connectivity index (χ1v) is 7.18. The van der Waals surface area contributed by atoms with Crippen LogP contribution in [0.1, 0.15) is 5.56 Å². The zero-order valence-electron chi connectivity index (χ0n) is 8.11. The summed E-state index contributed by atoms with van der Waals surface area (Å²) in [5.41, 5.74) is 0.727. The molecule has 1 aromatic carbocycles. The van der Waals surface area contributed by atoms with E-state index in [1.54, 1.807) is 30.3 Å². The number of rotatable bonds is 5. The first-order chi connectivity index (χ1) is 7.29. The normalized spacial score (nSPS) is 12.6. The highest BCUT2D eigenvalue weighted by Crippen LogP contribution is 2.05. The van der Waals surface area contributed by atoms with Gasteiger partial charge in [0.05, 0.1) is 5.75 Å². The van der Waals surface area contributed by atoms with Gasteiger partial charge in [-0.25, -0.2) is 0 Å². The Bertz CT molecular complexity index is 531. The molecular weight excluding hydrogens is 256 g/mol. The topological polar surface area (TPSA) is 97.7 Å². The van der Waals surface area contributed by atoms with Gasteiger partial charge in [0.2, 0.25) is 0 Å². The molecule has 1 rings (SSSR count). The van der Waals surface area contributed by atoms with Crippen molar-refractivity contribution in [1.29, 1.82) is 0 Å². The van der Waals surface area contributed by atoms with E-state index in [2.05, 4.69) is 3.63 Å². The van der Waals surface area contributed by atoms with Gasteiger partial charge >= 0.3 is 10.4 Å². The summed E-state index contributed by atoms with van der Waals surface area (Å²) in [5.74, 6) is -0.517. The molecule has 90 valence electrons. The van der Waals surface area contributed by atoms with Gasteiger partial charge in [0.1, 0.15) is 0 Å². The number of hydrogen-bond donors (Lipinski definition) is 1. The molecule has 0 bridgehead atoms. The summed E-state index contributed by atoms with van der Waals surface area (Å²) in [6.45, 7) is 0. The molecule has 0 saturated carbocycles. The summed E-state index contributed by atoms with van der Waals surface area (Å²) in [7, 11) is -9.25. The Morgan fingerprint density at radius 2 is 1.62 bits per heavy atom. The van der Waals surface area contributed by atoms with E-state index < -0.39 is 26.3 Å². The Morgan fingerprint density at radius 3 is 2.12 bits per heavy atom. The van der Waals surface area contributed by atoms with Crippen molar-refractivity contribution >= 4 is 20.5 Å². The summed E-state index contributed by atoms with van der Waals surface area (Å²) < 4.78 is 54.3. The molecule has 0 aliphatic rings. The monoisotopic (exact) mass is 266 g/mol. The molecule has 0 heterocycles. The molecule has 0 amide bonds. The third-order valence-corrected chi connectivity index (χ3v) is 3.89. The van der Waals surface area contributed by atoms with E-state index in [4.69, 9.17) is 4.55 Å². The molecule has 16 heavy (non-hydrogen) atoms. The van der Waals surface area contributed by atoms with Crippen molar-refractivity contribution in [2.24, 2.45) is 0 Å². The number of benzene rings is 1. The van der Waals surface area contributed by atoms with E-state index >= 15 is 0 Å². The van der Waals surface area contributed by atoms with Crippen molar-refractivity contribution in [3.63, 3.8) is 0 Å². The van der Waals surface area contributed by atoms with Crippen LogP contribution >= 0.6 is 0 Å². The van der Waals surface area contributed by atoms with Crippen LogP contribution in [0.15, 0.2) is 30.3 Å². The number of hydrogen-bond acceptors (Lipinski definition) is 5. The first-order valence-electron chi connectivity index (χ1n) is 4.24. The smallest absolute Gasteiger partial charge is 0.263 e. The fourth-order valence-electron chi connectivity index (χ4n) is 1.05. The van der Waals surface area contributed by atoms with Gasteiger partial charge in [-0.15, -0.1) is 3.63 Å². The van der Waals surface area contributed by atoms with E-state index in [9.17, 15) is 16.8 Å². The molecule has 0 unspecified atom stereocenters. The largest absolute Gasteiger partial charge is 0.412 e. The molecule has 8 heteroatoms. The zero-order valence-corrected chi connectivity index (χ0v) is 9.74. The van der Waals surface area contributed by atoms with Gasteiger partial charge in [0.15, 0.2) is 0 Å². The van der Waals surface area contributed by atoms with Crippen LogP contribution in [-0.2, 0) is 30.6 Å². The minimum Gasteiger partial charge on any atom is -0.263 e. The molecule has 0 spiro atoms. The highest BCUT2D eigenvalue weighted by Gasteiger charge is 2.19. The van der Waals surface area contributed by atoms with Crippen molar-refractivity contribution in [3.05, 3.63) is 35.9 Å². The average molecular weight is 266 g/mol. The molecule has 0 aliphatic carbocycles. The highest BCUT2D eigenvalue weighted by atomic mass is 32.3. The van der Waals surface area contributed by atoms with Gasteiger partial charge in [0, 0.05) is 0 Å². The maximum Gasteiger partial charge on any atom is 0.412 e. The Labute approximate surface area is 93.9 Å². The van der Waals surface area contributed by atoms with Crippen LogP contribution in [-0.4, -0.2) is 27.1 Å². The summed E-state index contributed by atoms with van der Waals surface area (Å²) in [6.07, 6.45) is 0.110. The fraction of sp³-hybridized carbons (Fsp3) is 0.250. The minimum absolute atomic E-state index is 0.110. The second kappa shape index (κ2) is 4.91. The highest BCUT2D eigenvalue weighted by molar-refractivity contribution is 7.97. The maximum atomic E-state index is 11.1. The quantitative estimate of drug-likeness (QED) is 0.774. The molecule has 0 aromatic heterocycles. The molecule has 1 N–H and O–H groups in total. The van der Waals surface area contributed by atoms with Gasteiger partial charge < -0.3 is 0 Å². The standard InChI is InChI=1S/C8H10O6S2/c9-15(10,14-16(11,12)13)7-6-8-4-2-1-3-5-8/h1-5H,6-7H2,(H,11,12,13). The van der Waals surface area contributed by atoms with Gasteiger partial charge in [0.25, 0.3) is 10.1 Å². The minimum atomic E-state index is -4.97. The van der Waals surface area contributed by atoms with E-state index in [1.807, 2.05) is 0 Å². The van der Waals surface area contributed by atoms with Gasteiger partial charge in [-0.1, -0.05) is 30.3 Å². The zero-order chi connectivity index (χ0) is 12.2. The molecule has 0 aliphatic heterocycles. The van der Waals surface area contributed by atoms with E-state index in [1.165, 1.54) is 0 Å². The second-order valence-corrected chi connectivity index (χ2v) is 5.92. The SMILES string of the molecule is O=S(=O)(O)OS(=O)(=O)CCc1ccccc1. The van der Waals surface area contributed by atoms with Crippen molar-refractivity contribution in [2.75, 3.05) is 5.75 Å². The summed E-state index contributed by atoms with van der Waals surface area (Å²) >= 11 is 0. The first kappa shape index (κ1) is 13.1. The third kappa shape index (κ3) is 5.21. The third-order valence-electron chi connectivity index (χ3n) is 1.67. The van der Waals surface area contributed by atoms with Crippen LogP contribution in [0.2, 0.25) is 0 Å². The van der Waals surface area contributed by atoms with Crippen LogP contribution in [0, 0.1) is 0 Å². The Balaban J connectivity index is 2.63. The molecule has 6 nitrogen and oxygen atoms in total. The van der Waals surface area contributed by atoms with Crippen molar-refractivity contribution in [2.45, 2.75) is 6.42 Å². The van der Waals surface area contributed by atoms with E-state index in [0.29, 0.717) is 0 Å². The molecule has 0 atom stereocenters. The summed E-state index contributed by atoms with van der Waals surface area (Å²) in [5, 5.41) is 0. The lowest BCUT2D eigenvalue weighted by Gasteiger charge is -2.02. The predicted molar refractivity (Wildman–Crippen MR) is 56.6 cm³/mol. The fourth-order valence-corrected chi connectivity index (χ4v) is 2.86. The van der Waals surface area contributed by atoms with Crippen molar-refractivity contribution in [3.8, 4) is 0 Å². The van der Waals surface area contributed by atoms with Crippen LogP contribution in [0.3, 0.4) is 0 Å². The number of aryl methyl sites for hydroxylation is 1. The van der Waals surface area contributed by atoms with Crippen LogP contribution in [0.4, 0.5) is 0 Å². The molecular formula is C8H10O6S2. The molecule has 0 fully saturated rings. The Morgan fingerprint density at radius 1 is 1.06 bits per heavy atom. The molecule has 0 saturated heterocycles. The summed E-state index contributed by atoms with van der Waals surface area (Å²) in [4.78, 5) is 0. The maximum absolute atomic E-state index is 11.1. The van der Waals surface area contributed by atoms with E-state index in [-0.39, 0.29) is 6.42 Å². The van der Waals surface area contributed by atoms with Gasteiger partial charge in [-0.3, -0.25) is 4.55 Å². The predicted octanol–water partition coefficient (Wildman–Crippen LogP) is 0.378. The van der Waals surface area contributed by atoms with Gasteiger partial charge in [-0.2, -0.15) is 16.8 Å². The van der Waals surface area contributed by atoms with E-state index in [0.717, 1.165) is 5.56 Å². The summed E-state index contributed by atoms with van der Waals surface area (Å²) in [6, 6.07) is 8.62. The van der Waals surface area contributed by atoms with Crippen LogP contribution < -0.4 is 0 Å². The second-order valence-electron chi connectivity index (χ2n) is 2.99. The van der Waals surface area contributed by atoms with Crippen molar-refractivity contribution < 1.29 is 25.0 Å². The Kier molecular flexibility index (Phi) is 4.03. The van der Waals surface area contributed by atoms with Crippen LogP contribution in [0.25, 0.3) is 0 Å². The van der Waals surface area contributed by atoms with Crippen LogP contribution in [0.5, 0.6) is 0 Å². The average Bonchev–Trinajstić information content (AvgIpc) is 2.13. The Hall–Kier alpha value is -0.960. The van der Waals surface area contributed by atoms with Crippen molar-refractivity contribution in [1.82, 2.24) is 0 Å². The lowest BCUT2D eigenvalue weighted by atomic mass is 10.2.